The monoisotopic (exact) mass is 367 g/mol. The molecule has 0 saturated heterocycles. The van der Waals surface area contributed by atoms with E-state index < -0.39 is 11.8 Å². The predicted molar refractivity (Wildman–Crippen MR) is 102 cm³/mol. The molecule has 28 heavy (non-hydrogen) atoms. The molecular weight excluding hydrogens is 354 g/mol. The third kappa shape index (κ3) is 4.37. The summed E-state index contributed by atoms with van der Waals surface area (Å²) in [6.45, 7) is 0. The molecule has 0 aliphatic heterocycles. The lowest BCUT2D eigenvalue weighted by atomic mass is 10.1. The molecule has 0 bridgehead atoms. The Hall–Kier alpha value is -4.49. The fraction of sp³-hybridized carbons (Fsp3) is 0. The fourth-order valence-corrected chi connectivity index (χ4v) is 2.43. The summed E-state index contributed by atoms with van der Waals surface area (Å²) in [6, 6.07) is 19.8. The Morgan fingerprint density at radius 2 is 1.36 bits per heavy atom. The molecule has 7 nitrogen and oxygen atoms in total. The second-order valence-corrected chi connectivity index (χ2v) is 5.72. The summed E-state index contributed by atoms with van der Waals surface area (Å²) in [5.41, 5.74) is 2.06. The van der Waals surface area contributed by atoms with Crippen LogP contribution >= 0.6 is 0 Å². The lowest BCUT2D eigenvalue weighted by Crippen LogP contribution is -2.17. The quantitative estimate of drug-likeness (QED) is 0.733. The third-order valence-electron chi connectivity index (χ3n) is 3.75. The van der Waals surface area contributed by atoms with E-state index in [0.29, 0.717) is 22.5 Å². The highest BCUT2D eigenvalue weighted by Crippen LogP contribution is 2.14. The molecule has 134 valence electrons. The molecule has 2 amide bonds. The molecule has 0 radical (unpaired) electrons. The number of benzene rings is 2. The molecule has 1 heterocycles. The van der Waals surface area contributed by atoms with Crippen molar-refractivity contribution in [2.75, 3.05) is 10.6 Å². The Morgan fingerprint density at radius 1 is 0.786 bits per heavy atom. The molecule has 0 fully saturated rings. The summed E-state index contributed by atoms with van der Waals surface area (Å²) < 4.78 is 0. The van der Waals surface area contributed by atoms with Gasteiger partial charge in [0.05, 0.1) is 23.3 Å². The van der Waals surface area contributed by atoms with Crippen LogP contribution in [0.3, 0.4) is 0 Å². The van der Waals surface area contributed by atoms with E-state index in [1.807, 2.05) is 12.1 Å². The summed E-state index contributed by atoms with van der Waals surface area (Å²) in [4.78, 5) is 28.8. The number of nitrogens with one attached hydrogen (secondary N) is 2. The molecular formula is C21H13N5O2. The molecule has 3 aromatic rings. The van der Waals surface area contributed by atoms with Crippen molar-refractivity contribution < 1.29 is 9.59 Å². The molecule has 0 saturated carbocycles. The number of rotatable bonds is 4. The Morgan fingerprint density at radius 3 is 1.93 bits per heavy atom. The van der Waals surface area contributed by atoms with Crippen LogP contribution in [0, 0.1) is 22.7 Å². The van der Waals surface area contributed by atoms with Crippen molar-refractivity contribution in [3.05, 3.63) is 89.2 Å². The number of anilines is 2. The van der Waals surface area contributed by atoms with Crippen molar-refractivity contribution in [1.29, 1.82) is 10.5 Å². The van der Waals surface area contributed by atoms with Crippen LogP contribution in [0.5, 0.6) is 0 Å². The van der Waals surface area contributed by atoms with Gasteiger partial charge in [0, 0.05) is 23.1 Å². The average Bonchev–Trinajstić information content (AvgIpc) is 2.74. The highest BCUT2D eigenvalue weighted by molar-refractivity contribution is 6.07. The molecule has 0 aliphatic carbocycles. The minimum Gasteiger partial charge on any atom is -0.322 e. The van der Waals surface area contributed by atoms with E-state index in [-0.39, 0.29) is 11.3 Å². The number of carbonyl (C=O) groups is 2. The lowest BCUT2D eigenvalue weighted by Gasteiger charge is -2.08. The largest absolute Gasteiger partial charge is 0.322 e. The van der Waals surface area contributed by atoms with Crippen molar-refractivity contribution in [2.24, 2.45) is 0 Å². The van der Waals surface area contributed by atoms with E-state index in [9.17, 15) is 9.59 Å². The van der Waals surface area contributed by atoms with Gasteiger partial charge in [0.15, 0.2) is 0 Å². The number of aromatic nitrogens is 1. The Bertz CT molecular complexity index is 1060. The van der Waals surface area contributed by atoms with Gasteiger partial charge < -0.3 is 10.6 Å². The summed E-state index contributed by atoms with van der Waals surface area (Å²) in [5.74, 6) is -0.936. The van der Waals surface area contributed by atoms with Gasteiger partial charge >= 0.3 is 0 Å². The van der Waals surface area contributed by atoms with Gasteiger partial charge in [-0.25, -0.2) is 0 Å². The molecule has 7 heteroatoms. The van der Waals surface area contributed by atoms with Crippen molar-refractivity contribution in [1.82, 2.24) is 4.98 Å². The average molecular weight is 367 g/mol. The third-order valence-corrected chi connectivity index (χ3v) is 3.75. The summed E-state index contributed by atoms with van der Waals surface area (Å²) >= 11 is 0. The van der Waals surface area contributed by atoms with Crippen LogP contribution in [0.15, 0.2) is 66.9 Å². The van der Waals surface area contributed by atoms with Crippen molar-refractivity contribution >= 4 is 23.2 Å². The topological polar surface area (TPSA) is 119 Å². The van der Waals surface area contributed by atoms with Crippen LogP contribution in [-0.4, -0.2) is 16.8 Å². The highest BCUT2D eigenvalue weighted by Gasteiger charge is 2.13. The molecule has 0 atom stereocenters. The smallest absolute Gasteiger partial charge is 0.274 e. The first-order valence-electron chi connectivity index (χ1n) is 8.18. The van der Waals surface area contributed by atoms with Crippen molar-refractivity contribution in [3.8, 4) is 12.1 Å². The van der Waals surface area contributed by atoms with Gasteiger partial charge in [0.1, 0.15) is 5.69 Å². The van der Waals surface area contributed by atoms with Crippen molar-refractivity contribution in [3.63, 3.8) is 0 Å². The van der Waals surface area contributed by atoms with Gasteiger partial charge in [0.25, 0.3) is 11.8 Å². The van der Waals surface area contributed by atoms with Gasteiger partial charge in [-0.2, -0.15) is 10.5 Å². The van der Waals surface area contributed by atoms with E-state index in [4.69, 9.17) is 10.5 Å². The second-order valence-electron chi connectivity index (χ2n) is 5.72. The van der Waals surface area contributed by atoms with Gasteiger partial charge in [-0.05, 0) is 48.5 Å². The van der Waals surface area contributed by atoms with Gasteiger partial charge in [-0.3, -0.25) is 14.6 Å². The maximum absolute atomic E-state index is 12.4. The van der Waals surface area contributed by atoms with Crippen LogP contribution in [0.25, 0.3) is 0 Å². The fourth-order valence-electron chi connectivity index (χ4n) is 2.43. The van der Waals surface area contributed by atoms with Gasteiger partial charge in [0.2, 0.25) is 0 Å². The molecule has 0 spiro atoms. The first-order chi connectivity index (χ1) is 13.6. The van der Waals surface area contributed by atoms with Crippen LogP contribution < -0.4 is 10.6 Å². The zero-order valence-corrected chi connectivity index (χ0v) is 14.5. The lowest BCUT2D eigenvalue weighted by molar-refractivity contribution is 0.102. The Labute approximate surface area is 160 Å². The maximum Gasteiger partial charge on any atom is 0.274 e. The van der Waals surface area contributed by atoms with E-state index in [1.165, 1.54) is 24.4 Å². The summed E-state index contributed by atoms with van der Waals surface area (Å²) in [7, 11) is 0. The SMILES string of the molecule is N#Cc1cccc(NC(=O)c2ccnc(C(=O)Nc3cccc(C#N)c3)c2)c1. The molecule has 0 aliphatic rings. The number of nitrogens with zero attached hydrogens (tertiary/aromatic N) is 3. The first-order valence-corrected chi connectivity index (χ1v) is 8.18. The molecule has 0 unspecified atom stereocenters. The van der Waals surface area contributed by atoms with E-state index in [2.05, 4.69) is 15.6 Å². The van der Waals surface area contributed by atoms with E-state index in [0.717, 1.165) is 0 Å². The van der Waals surface area contributed by atoms with E-state index in [1.54, 1.807) is 42.5 Å². The molecule has 2 aromatic carbocycles. The Balaban J connectivity index is 1.75. The zero-order chi connectivity index (χ0) is 19.9. The number of carbonyl (C=O) groups excluding carboxylic acids is 2. The minimum atomic E-state index is -0.504. The maximum atomic E-state index is 12.4. The molecule has 1 aromatic heterocycles. The van der Waals surface area contributed by atoms with Crippen molar-refractivity contribution in [2.45, 2.75) is 0 Å². The minimum absolute atomic E-state index is 0.0563. The summed E-state index contributed by atoms with van der Waals surface area (Å²) in [6.07, 6.45) is 1.36. The number of nitriles is 2. The number of hydrogen-bond acceptors (Lipinski definition) is 5. The highest BCUT2D eigenvalue weighted by atomic mass is 16.2. The first kappa shape index (κ1) is 18.3. The van der Waals surface area contributed by atoms with Crippen LogP contribution in [0.1, 0.15) is 32.0 Å². The standard InChI is InChI=1S/C21H13N5O2/c22-12-14-3-1-5-17(9-14)25-20(27)16-7-8-24-19(11-16)21(28)26-18-6-2-4-15(10-18)13-23/h1-11H,(H,25,27)(H,26,28). The number of pyridine rings is 1. The second kappa shape index (κ2) is 8.26. The number of amides is 2. The van der Waals surface area contributed by atoms with Gasteiger partial charge in [-0.1, -0.05) is 12.1 Å². The van der Waals surface area contributed by atoms with Crippen LogP contribution in [0.4, 0.5) is 11.4 Å². The molecule has 2 N–H and O–H groups in total. The van der Waals surface area contributed by atoms with Crippen LogP contribution in [-0.2, 0) is 0 Å². The molecule has 3 rings (SSSR count). The Kier molecular flexibility index (Phi) is 5.40. The normalized spacial score (nSPS) is 9.64. The number of hydrogen-bond donors (Lipinski definition) is 2. The predicted octanol–water partition coefficient (Wildman–Crippen LogP) is 3.33. The van der Waals surface area contributed by atoms with Gasteiger partial charge in [-0.15, -0.1) is 0 Å². The van der Waals surface area contributed by atoms with E-state index >= 15 is 0 Å². The van der Waals surface area contributed by atoms with Crippen LogP contribution in [0.2, 0.25) is 0 Å². The summed E-state index contributed by atoms with van der Waals surface area (Å²) in [5, 5.41) is 23.2. The zero-order valence-electron chi connectivity index (χ0n) is 14.5.